The molecule has 1 saturated carbocycles. The van der Waals surface area contributed by atoms with E-state index in [4.69, 9.17) is 0 Å². The van der Waals surface area contributed by atoms with Crippen LogP contribution in [0.15, 0.2) is 24.5 Å². The summed E-state index contributed by atoms with van der Waals surface area (Å²) < 4.78 is 1.93. The van der Waals surface area contributed by atoms with E-state index in [1.807, 2.05) is 24.0 Å². The van der Waals surface area contributed by atoms with E-state index in [1.165, 1.54) is 16.8 Å². The highest BCUT2D eigenvalue weighted by molar-refractivity contribution is 5.83. The SMILES string of the molecule is Cc1nn(C)c(C)c1[C@@H]1CCCN1C(=O)[C@@H]1C[C@@H]1c1cccnc1. The maximum Gasteiger partial charge on any atom is 0.226 e. The zero-order chi connectivity index (χ0) is 16.8. The quantitative estimate of drug-likeness (QED) is 0.872. The summed E-state index contributed by atoms with van der Waals surface area (Å²) in [5.41, 5.74) is 4.68. The highest BCUT2D eigenvalue weighted by Gasteiger charge is 2.48. The Balaban J connectivity index is 1.55. The summed E-state index contributed by atoms with van der Waals surface area (Å²) in [6.45, 7) is 5.03. The first kappa shape index (κ1) is 15.4. The zero-order valence-electron chi connectivity index (χ0n) is 14.6. The third-order valence-corrected chi connectivity index (χ3v) is 5.65. The Labute approximate surface area is 142 Å². The first-order valence-corrected chi connectivity index (χ1v) is 8.78. The molecule has 2 fully saturated rings. The van der Waals surface area contributed by atoms with Gasteiger partial charge >= 0.3 is 0 Å². The van der Waals surface area contributed by atoms with Gasteiger partial charge in [0.2, 0.25) is 5.91 Å². The second kappa shape index (κ2) is 5.72. The number of nitrogens with zero attached hydrogens (tertiary/aromatic N) is 4. The average Bonchev–Trinajstić information content (AvgIpc) is 3.18. The fourth-order valence-electron chi connectivity index (χ4n) is 4.25. The van der Waals surface area contributed by atoms with E-state index < -0.39 is 0 Å². The number of hydrogen-bond acceptors (Lipinski definition) is 3. The lowest BCUT2D eigenvalue weighted by Gasteiger charge is -2.25. The Kier molecular flexibility index (Phi) is 3.66. The van der Waals surface area contributed by atoms with Crippen LogP contribution in [-0.2, 0) is 11.8 Å². The molecule has 0 bridgehead atoms. The summed E-state index contributed by atoms with van der Waals surface area (Å²) in [5, 5.41) is 4.54. The van der Waals surface area contributed by atoms with Gasteiger partial charge in [-0.1, -0.05) is 6.07 Å². The van der Waals surface area contributed by atoms with Gasteiger partial charge in [0, 0.05) is 43.2 Å². The van der Waals surface area contributed by atoms with Gasteiger partial charge in [-0.25, -0.2) is 0 Å². The number of rotatable bonds is 3. The third kappa shape index (κ3) is 2.43. The molecule has 2 aromatic rings. The van der Waals surface area contributed by atoms with Crippen LogP contribution in [0.1, 0.15) is 53.7 Å². The minimum Gasteiger partial charge on any atom is -0.335 e. The first-order chi connectivity index (χ1) is 11.6. The smallest absolute Gasteiger partial charge is 0.226 e. The van der Waals surface area contributed by atoms with Crippen molar-refractivity contribution in [1.29, 1.82) is 0 Å². The number of hydrogen-bond donors (Lipinski definition) is 0. The number of aromatic nitrogens is 3. The highest BCUT2D eigenvalue weighted by Crippen LogP contribution is 2.50. The minimum absolute atomic E-state index is 0.132. The molecule has 1 amide bonds. The lowest BCUT2D eigenvalue weighted by molar-refractivity contribution is -0.133. The maximum atomic E-state index is 13.1. The van der Waals surface area contributed by atoms with Gasteiger partial charge in [0.25, 0.3) is 0 Å². The molecule has 5 nitrogen and oxygen atoms in total. The summed E-state index contributed by atoms with van der Waals surface area (Å²) in [7, 11) is 1.98. The Hall–Kier alpha value is -2.17. The van der Waals surface area contributed by atoms with Crippen LogP contribution >= 0.6 is 0 Å². The van der Waals surface area contributed by atoms with E-state index in [2.05, 4.69) is 34.9 Å². The Morgan fingerprint density at radius 2 is 2.17 bits per heavy atom. The van der Waals surface area contributed by atoms with Crippen LogP contribution < -0.4 is 0 Å². The largest absolute Gasteiger partial charge is 0.335 e. The van der Waals surface area contributed by atoms with Crippen molar-refractivity contribution in [2.75, 3.05) is 6.54 Å². The molecule has 24 heavy (non-hydrogen) atoms. The molecule has 0 unspecified atom stereocenters. The van der Waals surface area contributed by atoms with E-state index in [-0.39, 0.29) is 12.0 Å². The van der Waals surface area contributed by atoms with Crippen LogP contribution in [0, 0.1) is 19.8 Å². The van der Waals surface area contributed by atoms with Gasteiger partial charge in [-0.05, 0) is 50.7 Å². The van der Waals surface area contributed by atoms with Gasteiger partial charge in [0.05, 0.1) is 11.7 Å². The van der Waals surface area contributed by atoms with Crippen molar-refractivity contribution in [3.05, 3.63) is 47.0 Å². The van der Waals surface area contributed by atoms with Crippen molar-refractivity contribution in [1.82, 2.24) is 19.7 Å². The predicted octanol–water partition coefficient (Wildman–Crippen LogP) is 2.90. The van der Waals surface area contributed by atoms with Crippen LogP contribution in [0.25, 0.3) is 0 Å². The molecule has 0 radical (unpaired) electrons. The van der Waals surface area contributed by atoms with Crippen LogP contribution in [0.4, 0.5) is 0 Å². The Morgan fingerprint density at radius 3 is 2.83 bits per heavy atom. The summed E-state index contributed by atoms with van der Waals surface area (Å²) in [5.74, 6) is 0.796. The van der Waals surface area contributed by atoms with Gasteiger partial charge in [0.1, 0.15) is 0 Å². The van der Waals surface area contributed by atoms with E-state index in [1.54, 1.807) is 6.20 Å². The molecule has 4 rings (SSSR count). The Morgan fingerprint density at radius 1 is 1.33 bits per heavy atom. The molecule has 0 aromatic carbocycles. The summed E-state index contributed by atoms with van der Waals surface area (Å²) in [4.78, 5) is 19.4. The van der Waals surface area contributed by atoms with Crippen LogP contribution in [0.2, 0.25) is 0 Å². The summed E-state index contributed by atoms with van der Waals surface area (Å²) in [6.07, 6.45) is 6.76. The molecule has 0 N–H and O–H groups in total. The predicted molar refractivity (Wildman–Crippen MR) is 91.5 cm³/mol. The van der Waals surface area contributed by atoms with E-state index in [0.29, 0.717) is 11.8 Å². The zero-order valence-corrected chi connectivity index (χ0v) is 14.6. The van der Waals surface area contributed by atoms with Gasteiger partial charge in [-0.3, -0.25) is 14.5 Å². The lowest BCUT2D eigenvalue weighted by atomic mass is 10.0. The molecule has 2 aromatic heterocycles. The van der Waals surface area contributed by atoms with Crippen LogP contribution in [0.3, 0.4) is 0 Å². The summed E-state index contributed by atoms with van der Waals surface area (Å²) >= 11 is 0. The standard InChI is InChI=1S/C19H24N4O/c1-12-18(13(2)22(3)21-12)17-7-5-9-23(17)19(24)16-10-15(16)14-6-4-8-20-11-14/h4,6,8,11,15-17H,5,7,9-10H2,1-3H3/t15-,16-,17+/m1/s1. The molecule has 1 aliphatic heterocycles. The fourth-order valence-corrected chi connectivity index (χ4v) is 4.25. The number of likely N-dealkylation sites (tertiary alicyclic amines) is 1. The first-order valence-electron chi connectivity index (χ1n) is 8.78. The lowest BCUT2D eigenvalue weighted by Crippen LogP contribution is -2.32. The number of carbonyl (C=O) groups excluding carboxylic acids is 1. The van der Waals surface area contributed by atoms with Gasteiger partial charge in [-0.15, -0.1) is 0 Å². The topological polar surface area (TPSA) is 51.0 Å². The van der Waals surface area contributed by atoms with Gasteiger partial charge in [-0.2, -0.15) is 5.10 Å². The van der Waals surface area contributed by atoms with Crippen molar-refractivity contribution in [3.8, 4) is 0 Å². The van der Waals surface area contributed by atoms with Crippen molar-refractivity contribution in [2.45, 2.75) is 45.1 Å². The van der Waals surface area contributed by atoms with Crippen LogP contribution in [-0.4, -0.2) is 32.1 Å². The Bertz CT molecular complexity index is 767. The molecule has 0 spiro atoms. The van der Waals surface area contributed by atoms with Crippen molar-refractivity contribution < 1.29 is 4.79 Å². The third-order valence-electron chi connectivity index (χ3n) is 5.65. The number of aryl methyl sites for hydroxylation is 2. The fraction of sp³-hybridized carbons (Fsp3) is 0.526. The molecule has 3 heterocycles. The number of carbonyl (C=O) groups is 1. The number of amides is 1. The molecule has 1 aliphatic carbocycles. The van der Waals surface area contributed by atoms with Crippen molar-refractivity contribution in [3.63, 3.8) is 0 Å². The van der Waals surface area contributed by atoms with E-state index >= 15 is 0 Å². The van der Waals surface area contributed by atoms with E-state index in [9.17, 15) is 4.79 Å². The molecule has 3 atom stereocenters. The number of pyridine rings is 1. The second-order valence-corrected chi connectivity index (χ2v) is 7.13. The molecular weight excluding hydrogens is 300 g/mol. The minimum atomic E-state index is 0.132. The second-order valence-electron chi connectivity index (χ2n) is 7.13. The van der Waals surface area contributed by atoms with Gasteiger partial charge in [0.15, 0.2) is 0 Å². The maximum absolute atomic E-state index is 13.1. The molecule has 2 aliphatic rings. The molecule has 5 heteroatoms. The molecular formula is C19H24N4O. The molecule has 1 saturated heterocycles. The van der Waals surface area contributed by atoms with E-state index in [0.717, 1.165) is 31.5 Å². The molecule has 126 valence electrons. The normalized spacial score (nSPS) is 26.0. The van der Waals surface area contributed by atoms with Crippen LogP contribution in [0.5, 0.6) is 0 Å². The van der Waals surface area contributed by atoms with Crippen molar-refractivity contribution >= 4 is 5.91 Å². The van der Waals surface area contributed by atoms with Gasteiger partial charge < -0.3 is 4.90 Å². The highest BCUT2D eigenvalue weighted by atomic mass is 16.2. The summed E-state index contributed by atoms with van der Waals surface area (Å²) in [6, 6.07) is 4.24. The van der Waals surface area contributed by atoms with Crippen molar-refractivity contribution in [2.24, 2.45) is 13.0 Å². The monoisotopic (exact) mass is 324 g/mol. The average molecular weight is 324 g/mol.